The van der Waals surface area contributed by atoms with Gasteiger partial charge in [0.2, 0.25) is 10.0 Å². The lowest BCUT2D eigenvalue weighted by Gasteiger charge is -2.25. The predicted molar refractivity (Wildman–Crippen MR) is 84.7 cm³/mol. The maximum Gasteiger partial charge on any atom is 0.214 e. The highest BCUT2D eigenvalue weighted by atomic mass is 32.2. The largest absolute Gasteiger partial charge is 0.378 e. The normalized spacial score (nSPS) is 19.5. The second kappa shape index (κ2) is 8.04. The van der Waals surface area contributed by atoms with Gasteiger partial charge in [0.25, 0.3) is 0 Å². The van der Waals surface area contributed by atoms with Crippen molar-refractivity contribution in [2.24, 2.45) is 0 Å². The zero-order chi connectivity index (χ0) is 16.0. The van der Waals surface area contributed by atoms with Gasteiger partial charge in [-0.15, -0.1) is 0 Å². The van der Waals surface area contributed by atoms with E-state index in [-0.39, 0.29) is 24.1 Å². The van der Waals surface area contributed by atoms with Gasteiger partial charge in [-0.1, -0.05) is 18.2 Å². The van der Waals surface area contributed by atoms with Crippen LogP contribution < -0.4 is 0 Å². The Bertz CT molecular complexity index is 571. The van der Waals surface area contributed by atoms with Gasteiger partial charge in [0.05, 0.1) is 11.9 Å². The van der Waals surface area contributed by atoms with Crippen molar-refractivity contribution in [3.05, 3.63) is 35.6 Å². The molecule has 0 bridgehead atoms. The summed E-state index contributed by atoms with van der Waals surface area (Å²) in [5.41, 5.74) is 0.440. The Balaban J connectivity index is 1.82. The Labute approximate surface area is 132 Å². The van der Waals surface area contributed by atoms with Gasteiger partial charge in [-0.25, -0.2) is 17.1 Å². The first-order valence-corrected chi connectivity index (χ1v) is 9.39. The molecule has 1 aromatic carbocycles. The molecule has 1 aromatic rings. The van der Waals surface area contributed by atoms with Crippen molar-refractivity contribution in [1.82, 2.24) is 4.31 Å². The minimum Gasteiger partial charge on any atom is -0.378 e. The molecule has 0 amide bonds. The van der Waals surface area contributed by atoms with Crippen LogP contribution in [-0.2, 0) is 21.2 Å². The van der Waals surface area contributed by atoms with Gasteiger partial charge in [0.1, 0.15) is 5.82 Å². The van der Waals surface area contributed by atoms with E-state index in [0.29, 0.717) is 12.1 Å². The molecular weight excluding hydrogens is 305 g/mol. The van der Waals surface area contributed by atoms with Crippen LogP contribution >= 0.6 is 0 Å². The summed E-state index contributed by atoms with van der Waals surface area (Å²) in [6, 6.07) is 6.30. The lowest BCUT2D eigenvalue weighted by atomic mass is 10.1. The molecule has 4 nitrogen and oxygen atoms in total. The molecule has 0 N–H and O–H groups in total. The van der Waals surface area contributed by atoms with E-state index in [0.717, 1.165) is 32.3 Å². The topological polar surface area (TPSA) is 46.6 Å². The molecule has 1 aliphatic heterocycles. The third kappa shape index (κ3) is 5.04. The standard InChI is InChI=1S/C16H24FNO3S/c1-18(11-9-15-7-4-5-12-21-15)22(19,20)13-10-14-6-2-3-8-16(14)17/h2-3,6,8,15H,4-5,7,9-13H2,1H3. The van der Waals surface area contributed by atoms with E-state index in [1.54, 1.807) is 25.2 Å². The average molecular weight is 329 g/mol. The second-order valence-corrected chi connectivity index (χ2v) is 7.95. The van der Waals surface area contributed by atoms with E-state index in [1.807, 2.05) is 0 Å². The third-order valence-corrected chi connectivity index (χ3v) is 5.95. The summed E-state index contributed by atoms with van der Waals surface area (Å²) in [7, 11) is -1.78. The predicted octanol–water partition coefficient (Wildman–Crippen LogP) is 2.59. The smallest absolute Gasteiger partial charge is 0.214 e. The number of sulfonamides is 1. The Morgan fingerprint density at radius 1 is 1.32 bits per heavy atom. The molecule has 0 aromatic heterocycles. The van der Waals surface area contributed by atoms with E-state index < -0.39 is 10.0 Å². The van der Waals surface area contributed by atoms with Crippen molar-refractivity contribution in [3.8, 4) is 0 Å². The zero-order valence-electron chi connectivity index (χ0n) is 13.0. The van der Waals surface area contributed by atoms with Gasteiger partial charge in [-0.3, -0.25) is 0 Å². The van der Waals surface area contributed by atoms with Gasteiger partial charge in [-0.2, -0.15) is 0 Å². The lowest BCUT2D eigenvalue weighted by Crippen LogP contribution is -2.33. The fourth-order valence-corrected chi connectivity index (χ4v) is 3.77. The first-order valence-electron chi connectivity index (χ1n) is 7.78. The molecule has 2 rings (SSSR count). The summed E-state index contributed by atoms with van der Waals surface area (Å²) in [5.74, 6) is -0.424. The lowest BCUT2D eigenvalue weighted by molar-refractivity contribution is 0.00950. The second-order valence-electron chi connectivity index (χ2n) is 5.76. The van der Waals surface area contributed by atoms with Crippen LogP contribution in [0.4, 0.5) is 4.39 Å². The molecule has 124 valence electrons. The molecule has 1 heterocycles. The van der Waals surface area contributed by atoms with E-state index in [1.165, 1.54) is 10.4 Å². The van der Waals surface area contributed by atoms with E-state index >= 15 is 0 Å². The fourth-order valence-electron chi connectivity index (χ4n) is 2.60. The number of nitrogens with zero attached hydrogens (tertiary/aromatic N) is 1. The molecule has 0 aliphatic carbocycles. The van der Waals surface area contributed by atoms with Crippen LogP contribution in [0.15, 0.2) is 24.3 Å². The van der Waals surface area contributed by atoms with Crippen LogP contribution in [0.25, 0.3) is 0 Å². The number of ether oxygens (including phenoxy) is 1. The van der Waals surface area contributed by atoms with Gasteiger partial charge < -0.3 is 4.74 Å². The number of rotatable bonds is 7. The minimum atomic E-state index is -3.36. The summed E-state index contributed by atoms with van der Waals surface area (Å²) in [6.07, 6.45) is 4.32. The molecule has 1 saturated heterocycles. The van der Waals surface area contributed by atoms with Crippen molar-refractivity contribution in [2.45, 2.75) is 38.2 Å². The van der Waals surface area contributed by atoms with Crippen LogP contribution in [0.3, 0.4) is 0 Å². The van der Waals surface area contributed by atoms with Crippen LogP contribution in [0, 0.1) is 5.82 Å². The SMILES string of the molecule is CN(CCC1CCCCO1)S(=O)(=O)CCc1ccccc1F. The van der Waals surface area contributed by atoms with Gasteiger partial charge >= 0.3 is 0 Å². The molecular formula is C16H24FNO3S. The van der Waals surface area contributed by atoms with Crippen LogP contribution in [0.5, 0.6) is 0 Å². The van der Waals surface area contributed by atoms with Crippen molar-refractivity contribution in [2.75, 3.05) is 26.0 Å². The highest BCUT2D eigenvalue weighted by molar-refractivity contribution is 7.89. The highest BCUT2D eigenvalue weighted by Gasteiger charge is 2.21. The molecule has 22 heavy (non-hydrogen) atoms. The molecule has 1 fully saturated rings. The quantitative estimate of drug-likeness (QED) is 0.772. The molecule has 0 radical (unpaired) electrons. The molecule has 1 aliphatic rings. The molecule has 0 spiro atoms. The zero-order valence-corrected chi connectivity index (χ0v) is 13.8. The third-order valence-electron chi connectivity index (χ3n) is 4.10. The van der Waals surface area contributed by atoms with Crippen molar-refractivity contribution < 1.29 is 17.5 Å². The van der Waals surface area contributed by atoms with E-state index in [9.17, 15) is 12.8 Å². The van der Waals surface area contributed by atoms with E-state index in [4.69, 9.17) is 4.74 Å². The summed E-state index contributed by atoms with van der Waals surface area (Å²) in [5, 5.41) is 0. The molecule has 1 unspecified atom stereocenters. The first-order chi connectivity index (χ1) is 10.5. The van der Waals surface area contributed by atoms with Crippen molar-refractivity contribution >= 4 is 10.0 Å². The van der Waals surface area contributed by atoms with Crippen molar-refractivity contribution in [3.63, 3.8) is 0 Å². The van der Waals surface area contributed by atoms with Crippen LogP contribution in [0.2, 0.25) is 0 Å². The summed E-state index contributed by atoms with van der Waals surface area (Å²) in [6.45, 7) is 1.22. The number of halogens is 1. The molecule has 1 atom stereocenters. The average Bonchev–Trinajstić information content (AvgIpc) is 2.53. The molecule has 6 heteroatoms. The number of aryl methyl sites for hydroxylation is 1. The monoisotopic (exact) mass is 329 g/mol. The summed E-state index contributed by atoms with van der Waals surface area (Å²) < 4.78 is 45.0. The van der Waals surface area contributed by atoms with E-state index in [2.05, 4.69) is 0 Å². The summed E-state index contributed by atoms with van der Waals surface area (Å²) in [4.78, 5) is 0. The highest BCUT2D eigenvalue weighted by Crippen LogP contribution is 2.17. The summed E-state index contributed by atoms with van der Waals surface area (Å²) >= 11 is 0. The Kier molecular flexibility index (Phi) is 6.35. The maximum absolute atomic E-state index is 13.5. The minimum absolute atomic E-state index is 0.0735. The Morgan fingerprint density at radius 3 is 2.77 bits per heavy atom. The maximum atomic E-state index is 13.5. The number of hydrogen-bond donors (Lipinski definition) is 0. The Hall–Kier alpha value is -0.980. The fraction of sp³-hybridized carbons (Fsp3) is 0.625. The Morgan fingerprint density at radius 2 is 2.09 bits per heavy atom. The van der Waals surface area contributed by atoms with Crippen LogP contribution in [-0.4, -0.2) is 44.8 Å². The van der Waals surface area contributed by atoms with Crippen LogP contribution in [0.1, 0.15) is 31.2 Å². The number of benzene rings is 1. The van der Waals surface area contributed by atoms with Gasteiger partial charge in [0, 0.05) is 20.2 Å². The first kappa shape index (κ1) is 17.4. The van der Waals surface area contributed by atoms with Gasteiger partial charge in [0.15, 0.2) is 0 Å². The number of hydrogen-bond acceptors (Lipinski definition) is 3. The van der Waals surface area contributed by atoms with Crippen molar-refractivity contribution in [1.29, 1.82) is 0 Å². The molecule has 0 saturated carbocycles. The van der Waals surface area contributed by atoms with Gasteiger partial charge in [-0.05, 0) is 43.7 Å².